The smallest absolute Gasteiger partial charge is 0.224 e. The molecule has 0 amide bonds. The fourth-order valence-electron chi connectivity index (χ4n) is 1.85. The second-order valence-corrected chi connectivity index (χ2v) is 4.57. The summed E-state index contributed by atoms with van der Waals surface area (Å²) in [5, 5.41) is 0. The van der Waals surface area contributed by atoms with Crippen molar-refractivity contribution in [3.63, 3.8) is 0 Å². The van der Waals surface area contributed by atoms with Gasteiger partial charge in [0.25, 0.3) is 0 Å². The molecule has 0 bridgehead atoms. The molecule has 22 heavy (non-hydrogen) atoms. The maximum absolute atomic E-state index is 14.0. The molecule has 116 valence electrons. The Morgan fingerprint density at radius 2 is 1.45 bits per heavy atom. The van der Waals surface area contributed by atoms with Crippen LogP contribution in [0.15, 0.2) is 60.7 Å². The van der Waals surface area contributed by atoms with Gasteiger partial charge in [0.2, 0.25) is 17.7 Å². The number of para-hydroxylation sites is 1. The molecule has 0 spiro atoms. The van der Waals surface area contributed by atoms with Gasteiger partial charge in [-0.3, -0.25) is 9.59 Å². The minimum atomic E-state index is -2.22. The first-order valence-electron chi connectivity index (χ1n) is 6.58. The predicted molar refractivity (Wildman–Crippen MR) is 84.5 cm³/mol. The number of hydrogen-bond donors (Lipinski definition) is 0. The van der Waals surface area contributed by atoms with E-state index in [2.05, 4.69) is 0 Å². The van der Waals surface area contributed by atoms with Crippen molar-refractivity contribution in [2.24, 2.45) is 0 Å². The molecule has 0 aromatic heterocycles. The van der Waals surface area contributed by atoms with Crippen molar-refractivity contribution in [3.8, 4) is 5.75 Å². The van der Waals surface area contributed by atoms with Gasteiger partial charge in [0.15, 0.2) is 6.10 Å². The molecule has 0 aliphatic rings. The molecule has 0 saturated heterocycles. The van der Waals surface area contributed by atoms with Gasteiger partial charge < -0.3 is 4.74 Å². The number of benzene rings is 2. The Kier molecular flexibility index (Phi) is 6.73. The summed E-state index contributed by atoms with van der Waals surface area (Å²) in [6, 6.07) is 16.5. The number of ketones is 2. The van der Waals surface area contributed by atoms with Crippen LogP contribution >= 0.6 is 12.4 Å². The highest BCUT2D eigenvalue weighted by Crippen LogP contribution is 2.14. The minimum absolute atomic E-state index is 0. The van der Waals surface area contributed by atoms with E-state index < -0.39 is 23.8 Å². The highest BCUT2D eigenvalue weighted by atomic mass is 35.5. The number of hydrogen-bond acceptors (Lipinski definition) is 3. The van der Waals surface area contributed by atoms with E-state index in [0.29, 0.717) is 5.75 Å². The van der Waals surface area contributed by atoms with Gasteiger partial charge in [-0.25, -0.2) is 4.39 Å². The molecule has 2 atom stereocenters. The summed E-state index contributed by atoms with van der Waals surface area (Å²) in [7, 11) is 0. The first kappa shape index (κ1) is 17.9. The number of halogens is 2. The van der Waals surface area contributed by atoms with Gasteiger partial charge in [-0.05, 0) is 19.1 Å². The van der Waals surface area contributed by atoms with Crippen molar-refractivity contribution in [3.05, 3.63) is 66.2 Å². The van der Waals surface area contributed by atoms with Gasteiger partial charge in [-0.2, -0.15) is 0 Å². The molecule has 0 N–H and O–H groups in total. The fraction of sp³-hybridized carbons (Fsp3) is 0.176. The van der Waals surface area contributed by atoms with Gasteiger partial charge >= 0.3 is 0 Å². The summed E-state index contributed by atoms with van der Waals surface area (Å²) < 4.78 is 19.4. The Morgan fingerprint density at radius 3 is 2.00 bits per heavy atom. The van der Waals surface area contributed by atoms with Crippen molar-refractivity contribution in [1.29, 1.82) is 0 Å². The van der Waals surface area contributed by atoms with Crippen LogP contribution in [-0.2, 0) is 4.79 Å². The van der Waals surface area contributed by atoms with E-state index in [1.54, 1.807) is 48.5 Å². The molecule has 0 aliphatic heterocycles. The van der Waals surface area contributed by atoms with E-state index in [9.17, 15) is 14.0 Å². The average molecular weight is 323 g/mol. The highest BCUT2D eigenvalue weighted by molar-refractivity contribution is 6.14. The van der Waals surface area contributed by atoms with Crippen LogP contribution < -0.4 is 4.74 Å². The number of carbonyl (C=O) groups is 2. The Labute approximate surface area is 134 Å². The van der Waals surface area contributed by atoms with Crippen molar-refractivity contribution < 1.29 is 18.7 Å². The number of carbonyl (C=O) groups excluding carboxylic acids is 2. The number of Topliss-reactive ketones (excluding diaryl/α,β-unsaturated/α-hetero) is 2. The molecule has 0 heterocycles. The van der Waals surface area contributed by atoms with Crippen LogP contribution in [0.5, 0.6) is 5.75 Å². The Morgan fingerprint density at radius 1 is 0.955 bits per heavy atom. The third-order valence-electron chi connectivity index (χ3n) is 3.00. The number of alkyl halides is 1. The zero-order valence-electron chi connectivity index (χ0n) is 11.9. The maximum Gasteiger partial charge on any atom is 0.224 e. The monoisotopic (exact) mass is 322 g/mol. The standard InChI is InChI=1S/C17H15FO3.ClH/c1-12(21-14-10-6-3-7-11-14)16(19)15(18)17(20)13-8-4-2-5-9-13;/h2-12,15H,1H3;1H. The first-order chi connectivity index (χ1) is 10.1. The van der Waals surface area contributed by atoms with Gasteiger partial charge in [-0.15, -0.1) is 12.4 Å². The molecule has 0 radical (unpaired) electrons. The Balaban J connectivity index is 0.00000242. The van der Waals surface area contributed by atoms with Crippen LogP contribution in [0.1, 0.15) is 17.3 Å². The van der Waals surface area contributed by atoms with Crippen LogP contribution in [0.3, 0.4) is 0 Å². The van der Waals surface area contributed by atoms with Crippen molar-refractivity contribution in [2.75, 3.05) is 0 Å². The third kappa shape index (κ3) is 4.40. The predicted octanol–water partition coefficient (Wildman–Crippen LogP) is 3.67. The zero-order valence-corrected chi connectivity index (χ0v) is 12.8. The molecule has 0 aliphatic carbocycles. The SMILES string of the molecule is CC(Oc1ccccc1)C(=O)C(F)C(=O)c1ccccc1.Cl. The molecule has 0 fully saturated rings. The third-order valence-corrected chi connectivity index (χ3v) is 3.00. The summed E-state index contributed by atoms with van der Waals surface area (Å²) in [6.45, 7) is 1.43. The summed E-state index contributed by atoms with van der Waals surface area (Å²) in [5.41, 5.74) is 0.172. The number of rotatable bonds is 6. The van der Waals surface area contributed by atoms with E-state index in [0.717, 1.165) is 0 Å². The average Bonchev–Trinajstić information content (AvgIpc) is 2.54. The second kappa shape index (κ2) is 8.29. The van der Waals surface area contributed by atoms with Gasteiger partial charge in [0.05, 0.1) is 0 Å². The van der Waals surface area contributed by atoms with Crippen LogP contribution in [0.25, 0.3) is 0 Å². The topological polar surface area (TPSA) is 43.4 Å². The summed E-state index contributed by atoms with van der Waals surface area (Å²) in [4.78, 5) is 23.8. The van der Waals surface area contributed by atoms with E-state index in [4.69, 9.17) is 4.74 Å². The molecule has 3 nitrogen and oxygen atoms in total. The Bertz CT molecular complexity index is 616. The van der Waals surface area contributed by atoms with Crippen molar-refractivity contribution >= 4 is 24.0 Å². The van der Waals surface area contributed by atoms with Gasteiger partial charge in [-0.1, -0.05) is 48.5 Å². The molecule has 5 heteroatoms. The quantitative estimate of drug-likeness (QED) is 0.602. The van der Waals surface area contributed by atoms with Crippen LogP contribution in [-0.4, -0.2) is 23.8 Å². The Hall–Kier alpha value is -2.20. The van der Waals surface area contributed by atoms with E-state index in [-0.39, 0.29) is 18.0 Å². The molecular formula is C17H16ClFO3. The summed E-state index contributed by atoms with van der Waals surface area (Å²) in [6.07, 6.45) is -3.25. The molecule has 2 unspecified atom stereocenters. The molecule has 2 aromatic rings. The number of ether oxygens (including phenoxy) is 1. The molecule has 2 rings (SSSR count). The lowest BCUT2D eigenvalue weighted by Gasteiger charge is -2.15. The van der Waals surface area contributed by atoms with E-state index in [1.165, 1.54) is 19.1 Å². The maximum atomic E-state index is 14.0. The molecular weight excluding hydrogens is 307 g/mol. The lowest BCUT2D eigenvalue weighted by molar-refractivity contribution is -0.128. The highest BCUT2D eigenvalue weighted by Gasteiger charge is 2.31. The molecule has 0 saturated carbocycles. The van der Waals surface area contributed by atoms with Crippen molar-refractivity contribution in [2.45, 2.75) is 19.2 Å². The largest absolute Gasteiger partial charge is 0.483 e. The zero-order chi connectivity index (χ0) is 15.2. The van der Waals surface area contributed by atoms with Crippen LogP contribution in [0, 0.1) is 0 Å². The molecule has 2 aromatic carbocycles. The van der Waals surface area contributed by atoms with Crippen molar-refractivity contribution in [1.82, 2.24) is 0 Å². The summed E-state index contributed by atoms with van der Waals surface area (Å²) in [5.74, 6) is -1.27. The van der Waals surface area contributed by atoms with E-state index >= 15 is 0 Å². The van der Waals surface area contributed by atoms with Crippen LogP contribution in [0.2, 0.25) is 0 Å². The minimum Gasteiger partial charge on any atom is -0.483 e. The normalized spacial score (nSPS) is 12.6. The summed E-state index contributed by atoms with van der Waals surface area (Å²) >= 11 is 0. The second-order valence-electron chi connectivity index (χ2n) is 4.57. The lowest BCUT2D eigenvalue weighted by atomic mass is 10.0. The van der Waals surface area contributed by atoms with E-state index in [1.807, 2.05) is 0 Å². The first-order valence-corrected chi connectivity index (χ1v) is 6.58. The fourth-order valence-corrected chi connectivity index (χ4v) is 1.85. The van der Waals surface area contributed by atoms with Gasteiger partial charge in [0, 0.05) is 5.56 Å². The lowest BCUT2D eigenvalue weighted by Crippen LogP contribution is -2.36. The van der Waals surface area contributed by atoms with Crippen LogP contribution in [0.4, 0.5) is 4.39 Å². The van der Waals surface area contributed by atoms with Gasteiger partial charge in [0.1, 0.15) is 5.75 Å².